The van der Waals surface area contributed by atoms with Gasteiger partial charge in [0, 0.05) is 19.3 Å². The van der Waals surface area contributed by atoms with Gasteiger partial charge in [0.15, 0.2) is 6.29 Å². The molecule has 5 heteroatoms. The van der Waals surface area contributed by atoms with Crippen molar-refractivity contribution in [2.45, 2.75) is 33.2 Å². The molecule has 0 aromatic carbocycles. The van der Waals surface area contributed by atoms with Gasteiger partial charge in [0.1, 0.15) is 0 Å². The van der Waals surface area contributed by atoms with Crippen LogP contribution >= 0.6 is 0 Å². The molecule has 0 aromatic heterocycles. The van der Waals surface area contributed by atoms with Crippen molar-refractivity contribution in [3.05, 3.63) is 12.2 Å². The van der Waals surface area contributed by atoms with Crippen molar-refractivity contribution in [3.8, 4) is 0 Å². The summed E-state index contributed by atoms with van der Waals surface area (Å²) in [5, 5.41) is 0. The van der Waals surface area contributed by atoms with Gasteiger partial charge in [-0.15, -0.1) is 0 Å². The maximum Gasteiger partial charge on any atom is 0.333 e. The summed E-state index contributed by atoms with van der Waals surface area (Å²) in [5.74, 6) is -1.22. The first kappa shape index (κ1) is 13.6. The van der Waals surface area contributed by atoms with Crippen LogP contribution in [-0.2, 0) is 23.8 Å². The summed E-state index contributed by atoms with van der Waals surface area (Å²) in [6.45, 7) is 5.01. The Bertz CT molecular complexity index is 244. The second kappa shape index (κ2) is 7.00. The minimum atomic E-state index is -0.648. The number of carbonyl (C=O) groups excluding carboxylic acids is 2. The van der Waals surface area contributed by atoms with Crippen molar-refractivity contribution in [3.63, 3.8) is 0 Å². The van der Waals surface area contributed by atoms with Crippen LogP contribution in [0.5, 0.6) is 0 Å². The third-order valence-electron chi connectivity index (χ3n) is 1.32. The van der Waals surface area contributed by atoms with Gasteiger partial charge in [-0.1, -0.05) is 0 Å². The second-order valence-electron chi connectivity index (χ2n) is 3.06. The van der Waals surface area contributed by atoms with E-state index in [2.05, 4.69) is 0 Å². The Morgan fingerprint density at radius 1 is 1.00 bits per heavy atom. The van der Waals surface area contributed by atoms with Gasteiger partial charge in [0.05, 0.1) is 6.10 Å². The molecule has 0 saturated heterocycles. The summed E-state index contributed by atoms with van der Waals surface area (Å²) in [4.78, 5) is 22.0. The van der Waals surface area contributed by atoms with E-state index in [9.17, 15) is 9.59 Å². The Kier molecular flexibility index (Phi) is 6.37. The lowest BCUT2D eigenvalue weighted by molar-refractivity contribution is -0.163. The van der Waals surface area contributed by atoms with Crippen molar-refractivity contribution in [1.29, 1.82) is 0 Å². The Labute approximate surface area is 89.0 Å². The van der Waals surface area contributed by atoms with Crippen LogP contribution < -0.4 is 0 Å². The molecule has 0 radical (unpaired) electrons. The summed E-state index contributed by atoms with van der Waals surface area (Å²) in [7, 11) is 1.41. The van der Waals surface area contributed by atoms with Crippen molar-refractivity contribution >= 4 is 11.9 Å². The molecule has 0 rings (SSSR count). The molecule has 0 spiro atoms. The van der Waals surface area contributed by atoms with E-state index in [1.165, 1.54) is 7.11 Å². The molecule has 1 unspecified atom stereocenters. The minimum absolute atomic E-state index is 0.212. The lowest BCUT2D eigenvalue weighted by Crippen LogP contribution is -2.15. The molecular formula is C10H16O5. The third-order valence-corrected chi connectivity index (χ3v) is 1.32. The lowest BCUT2D eigenvalue weighted by atomic mass is 10.4. The molecule has 0 N–H and O–H groups in total. The van der Waals surface area contributed by atoms with Crippen LogP contribution in [0.2, 0.25) is 0 Å². The Morgan fingerprint density at radius 2 is 1.47 bits per heavy atom. The number of hydrogen-bond acceptors (Lipinski definition) is 5. The van der Waals surface area contributed by atoms with Crippen LogP contribution in [0.15, 0.2) is 12.2 Å². The zero-order valence-electron chi connectivity index (χ0n) is 9.35. The SMILES string of the molecule is COC(C)OC(=O)C=CC(=O)OC(C)C. The molecule has 0 saturated carbocycles. The van der Waals surface area contributed by atoms with Gasteiger partial charge in [0.2, 0.25) is 0 Å². The number of esters is 2. The third kappa shape index (κ3) is 7.69. The highest BCUT2D eigenvalue weighted by Gasteiger charge is 2.06. The Morgan fingerprint density at radius 3 is 1.87 bits per heavy atom. The summed E-state index contributed by atoms with van der Waals surface area (Å²) in [5.41, 5.74) is 0. The Hall–Kier alpha value is -1.36. The topological polar surface area (TPSA) is 61.8 Å². The maximum atomic E-state index is 11.0. The predicted molar refractivity (Wildman–Crippen MR) is 52.9 cm³/mol. The van der Waals surface area contributed by atoms with Crippen molar-refractivity contribution in [2.24, 2.45) is 0 Å². The van der Waals surface area contributed by atoms with Crippen LogP contribution in [0.1, 0.15) is 20.8 Å². The number of rotatable bonds is 5. The fourth-order valence-electron chi connectivity index (χ4n) is 0.659. The molecular weight excluding hydrogens is 200 g/mol. The van der Waals surface area contributed by atoms with Gasteiger partial charge in [0.25, 0.3) is 0 Å². The molecule has 86 valence electrons. The highest BCUT2D eigenvalue weighted by atomic mass is 16.7. The van der Waals surface area contributed by atoms with Crippen molar-refractivity contribution < 1.29 is 23.8 Å². The largest absolute Gasteiger partial charge is 0.460 e. The first-order valence-corrected chi connectivity index (χ1v) is 4.57. The number of methoxy groups -OCH3 is 1. The summed E-state index contributed by atoms with van der Waals surface area (Å²) in [6, 6.07) is 0. The molecule has 0 bridgehead atoms. The molecule has 0 aliphatic rings. The van der Waals surface area contributed by atoms with Crippen molar-refractivity contribution in [2.75, 3.05) is 7.11 Å². The molecule has 15 heavy (non-hydrogen) atoms. The zero-order chi connectivity index (χ0) is 11.8. The standard InChI is InChI=1S/C10H16O5/c1-7(2)14-9(11)5-6-10(12)15-8(3)13-4/h5-8H,1-4H3. The van der Waals surface area contributed by atoms with Gasteiger partial charge in [-0.3, -0.25) is 0 Å². The normalized spacial score (nSPS) is 12.9. The maximum absolute atomic E-state index is 11.0. The van der Waals surface area contributed by atoms with Crippen LogP contribution in [0, 0.1) is 0 Å². The van der Waals surface area contributed by atoms with Gasteiger partial charge in [-0.2, -0.15) is 0 Å². The van der Waals surface area contributed by atoms with E-state index in [0.29, 0.717) is 0 Å². The molecule has 0 fully saturated rings. The van der Waals surface area contributed by atoms with E-state index in [4.69, 9.17) is 14.2 Å². The average Bonchev–Trinajstić information content (AvgIpc) is 2.13. The van der Waals surface area contributed by atoms with Crippen molar-refractivity contribution in [1.82, 2.24) is 0 Å². The summed E-state index contributed by atoms with van der Waals surface area (Å²) >= 11 is 0. The molecule has 1 atom stereocenters. The molecule has 0 aromatic rings. The van der Waals surface area contributed by atoms with Gasteiger partial charge < -0.3 is 14.2 Å². The van der Waals surface area contributed by atoms with Crippen LogP contribution in [-0.4, -0.2) is 31.4 Å². The second-order valence-corrected chi connectivity index (χ2v) is 3.06. The zero-order valence-corrected chi connectivity index (χ0v) is 9.35. The van der Waals surface area contributed by atoms with E-state index >= 15 is 0 Å². The first-order valence-electron chi connectivity index (χ1n) is 4.57. The minimum Gasteiger partial charge on any atom is -0.460 e. The first-order chi connectivity index (χ1) is 6.95. The van der Waals surface area contributed by atoms with E-state index in [0.717, 1.165) is 12.2 Å². The van der Waals surface area contributed by atoms with Crippen LogP contribution in [0.25, 0.3) is 0 Å². The highest BCUT2D eigenvalue weighted by molar-refractivity contribution is 5.91. The van der Waals surface area contributed by atoms with Crippen LogP contribution in [0.3, 0.4) is 0 Å². The molecule has 0 heterocycles. The predicted octanol–water partition coefficient (Wildman–Crippen LogP) is 1.03. The van der Waals surface area contributed by atoms with Crippen LogP contribution in [0.4, 0.5) is 0 Å². The monoisotopic (exact) mass is 216 g/mol. The molecule has 0 aliphatic heterocycles. The van der Waals surface area contributed by atoms with Gasteiger partial charge >= 0.3 is 11.9 Å². The molecule has 0 aliphatic carbocycles. The van der Waals surface area contributed by atoms with E-state index in [-0.39, 0.29) is 6.10 Å². The fraction of sp³-hybridized carbons (Fsp3) is 0.600. The van der Waals surface area contributed by atoms with E-state index < -0.39 is 18.2 Å². The summed E-state index contributed by atoms with van der Waals surface area (Å²) in [6.07, 6.45) is 1.17. The Balaban J connectivity index is 3.95. The van der Waals surface area contributed by atoms with E-state index in [1.54, 1.807) is 20.8 Å². The number of ether oxygens (including phenoxy) is 3. The van der Waals surface area contributed by atoms with Gasteiger partial charge in [-0.05, 0) is 20.8 Å². The lowest BCUT2D eigenvalue weighted by Gasteiger charge is -2.08. The quantitative estimate of drug-likeness (QED) is 0.390. The van der Waals surface area contributed by atoms with Gasteiger partial charge in [-0.25, -0.2) is 9.59 Å². The highest BCUT2D eigenvalue weighted by Crippen LogP contribution is 1.94. The number of carbonyl (C=O) groups is 2. The number of hydrogen-bond donors (Lipinski definition) is 0. The van der Waals surface area contributed by atoms with E-state index in [1.807, 2.05) is 0 Å². The molecule has 0 amide bonds. The molecule has 5 nitrogen and oxygen atoms in total. The summed E-state index contributed by atoms with van der Waals surface area (Å²) < 4.78 is 14.2. The fourth-order valence-corrected chi connectivity index (χ4v) is 0.659. The smallest absolute Gasteiger partial charge is 0.333 e. The average molecular weight is 216 g/mol.